The summed E-state index contributed by atoms with van der Waals surface area (Å²) in [6.45, 7) is 1.63. The fraction of sp³-hybridized carbons (Fsp3) is 0.571. The maximum absolute atomic E-state index is 12.8. The Bertz CT molecular complexity index is 602. The lowest BCUT2D eigenvalue weighted by atomic mass is 10.1. The van der Waals surface area contributed by atoms with Crippen LogP contribution in [0.4, 0.5) is 0 Å². The second-order valence-electron chi connectivity index (χ2n) is 5.74. The van der Waals surface area contributed by atoms with E-state index in [0.717, 1.165) is 32.4 Å². The van der Waals surface area contributed by atoms with Gasteiger partial charge in [0.25, 0.3) is 0 Å². The van der Waals surface area contributed by atoms with Crippen LogP contribution in [0.1, 0.15) is 24.8 Å². The van der Waals surface area contributed by atoms with Gasteiger partial charge in [-0.1, -0.05) is 23.2 Å². The lowest BCUT2D eigenvalue weighted by Crippen LogP contribution is -2.43. The second kappa shape index (κ2) is 6.05. The van der Waals surface area contributed by atoms with Gasteiger partial charge in [-0.25, -0.2) is 8.42 Å². The van der Waals surface area contributed by atoms with Crippen molar-refractivity contribution in [3.63, 3.8) is 0 Å². The molecular formula is C14H18Cl2N2O2S. The number of hydrogen-bond donors (Lipinski definition) is 1. The Morgan fingerprint density at radius 1 is 1.10 bits per heavy atom. The molecule has 116 valence electrons. The first-order valence-corrected chi connectivity index (χ1v) is 9.49. The molecule has 0 spiro atoms. The summed E-state index contributed by atoms with van der Waals surface area (Å²) in [5, 5.41) is 4.25. The van der Waals surface area contributed by atoms with Crippen LogP contribution in [-0.4, -0.2) is 37.9 Å². The molecule has 0 amide bonds. The molecule has 1 aromatic carbocycles. The molecule has 3 rings (SSSR count). The van der Waals surface area contributed by atoms with Crippen LogP contribution in [0.2, 0.25) is 10.0 Å². The number of hydrogen-bond acceptors (Lipinski definition) is 3. The summed E-state index contributed by atoms with van der Waals surface area (Å²) in [5.41, 5.74) is 0.643. The molecule has 2 bridgehead atoms. The van der Waals surface area contributed by atoms with E-state index in [0.29, 0.717) is 15.6 Å². The lowest BCUT2D eigenvalue weighted by molar-refractivity contribution is 0.334. The normalized spacial score (nSPS) is 26.8. The highest BCUT2D eigenvalue weighted by molar-refractivity contribution is 7.88. The summed E-state index contributed by atoms with van der Waals surface area (Å²) in [6.07, 6.45) is 2.78. The average Bonchev–Trinajstić information content (AvgIpc) is 2.61. The number of nitrogens with zero attached hydrogens (tertiary/aromatic N) is 1. The van der Waals surface area contributed by atoms with Crippen LogP contribution < -0.4 is 5.32 Å². The van der Waals surface area contributed by atoms with Crippen molar-refractivity contribution in [1.82, 2.24) is 9.62 Å². The minimum atomic E-state index is -3.35. The highest BCUT2D eigenvalue weighted by atomic mass is 35.5. The van der Waals surface area contributed by atoms with E-state index in [1.54, 1.807) is 22.5 Å². The van der Waals surface area contributed by atoms with E-state index in [1.165, 1.54) is 0 Å². The van der Waals surface area contributed by atoms with E-state index in [1.807, 2.05) is 0 Å². The predicted octanol–water partition coefficient (Wildman–Crippen LogP) is 2.65. The van der Waals surface area contributed by atoms with Gasteiger partial charge in [-0.3, -0.25) is 0 Å². The zero-order valence-corrected chi connectivity index (χ0v) is 13.9. The fourth-order valence-electron chi connectivity index (χ4n) is 3.37. The average molecular weight is 349 g/mol. The zero-order valence-electron chi connectivity index (χ0n) is 11.6. The van der Waals surface area contributed by atoms with Gasteiger partial charge in [-0.2, -0.15) is 4.31 Å². The van der Waals surface area contributed by atoms with Crippen molar-refractivity contribution < 1.29 is 8.42 Å². The summed E-state index contributed by atoms with van der Waals surface area (Å²) < 4.78 is 27.3. The van der Waals surface area contributed by atoms with Crippen LogP contribution in [0.25, 0.3) is 0 Å². The van der Waals surface area contributed by atoms with Crippen molar-refractivity contribution in [2.45, 2.75) is 37.1 Å². The van der Waals surface area contributed by atoms with Crippen LogP contribution in [0, 0.1) is 0 Å². The van der Waals surface area contributed by atoms with E-state index >= 15 is 0 Å². The van der Waals surface area contributed by atoms with Crippen molar-refractivity contribution in [2.24, 2.45) is 0 Å². The molecule has 2 aliphatic rings. The number of benzene rings is 1. The van der Waals surface area contributed by atoms with E-state index < -0.39 is 10.0 Å². The first-order chi connectivity index (χ1) is 9.95. The van der Waals surface area contributed by atoms with Crippen LogP contribution >= 0.6 is 23.2 Å². The molecule has 7 heteroatoms. The molecule has 2 atom stereocenters. The number of halogens is 2. The molecule has 0 saturated carbocycles. The molecule has 0 radical (unpaired) electrons. The Labute approximate surface area is 135 Å². The molecule has 2 heterocycles. The van der Waals surface area contributed by atoms with Gasteiger partial charge in [0.15, 0.2) is 0 Å². The van der Waals surface area contributed by atoms with Gasteiger partial charge in [0.05, 0.1) is 5.75 Å². The third-order valence-corrected chi connectivity index (χ3v) is 6.55. The Morgan fingerprint density at radius 2 is 1.76 bits per heavy atom. The maximum atomic E-state index is 12.8. The Hall–Kier alpha value is -0.330. The van der Waals surface area contributed by atoms with Crippen LogP contribution in [0.3, 0.4) is 0 Å². The van der Waals surface area contributed by atoms with Gasteiger partial charge < -0.3 is 5.32 Å². The number of sulfonamides is 1. The number of nitrogens with one attached hydrogen (secondary N) is 1. The Balaban J connectivity index is 1.86. The second-order valence-corrected chi connectivity index (χ2v) is 8.49. The Morgan fingerprint density at radius 3 is 2.48 bits per heavy atom. The summed E-state index contributed by atoms with van der Waals surface area (Å²) in [5.74, 6) is -0.0414. The molecule has 1 aromatic rings. The molecule has 1 N–H and O–H groups in total. The first kappa shape index (κ1) is 15.6. The minimum Gasteiger partial charge on any atom is -0.315 e. The maximum Gasteiger partial charge on any atom is 0.218 e. The van der Waals surface area contributed by atoms with Crippen LogP contribution in [-0.2, 0) is 15.8 Å². The van der Waals surface area contributed by atoms with Crippen LogP contribution in [0.5, 0.6) is 0 Å². The van der Waals surface area contributed by atoms with Crippen LogP contribution in [0.15, 0.2) is 18.2 Å². The standard InChI is InChI=1S/C14H18Cl2N2O2S/c15-11-5-10(6-12(16)7-11)9-21(19,20)18-13-1-2-14(18)8-17-4-3-13/h5-7,13-14,17H,1-4,8-9H2. The van der Waals surface area contributed by atoms with Gasteiger partial charge in [-0.05, 0) is 49.6 Å². The zero-order chi connectivity index (χ0) is 15.0. The molecule has 2 fully saturated rings. The van der Waals surface area contributed by atoms with E-state index in [-0.39, 0.29) is 17.8 Å². The highest BCUT2D eigenvalue weighted by Gasteiger charge is 2.42. The topological polar surface area (TPSA) is 49.4 Å². The van der Waals surface area contributed by atoms with Gasteiger partial charge in [0, 0.05) is 28.7 Å². The Kier molecular flexibility index (Phi) is 4.48. The molecule has 0 aliphatic carbocycles. The summed E-state index contributed by atoms with van der Waals surface area (Å²) in [7, 11) is -3.35. The fourth-order valence-corrected chi connectivity index (χ4v) is 5.98. The largest absolute Gasteiger partial charge is 0.315 e. The summed E-state index contributed by atoms with van der Waals surface area (Å²) in [6, 6.07) is 5.16. The molecule has 2 unspecified atom stereocenters. The third-order valence-electron chi connectivity index (χ3n) is 4.18. The van der Waals surface area contributed by atoms with E-state index in [9.17, 15) is 8.42 Å². The van der Waals surface area contributed by atoms with Gasteiger partial charge >= 0.3 is 0 Å². The van der Waals surface area contributed by atoms with Gasteiger partial charge in [0.2, 0.25) is 10.0 Å². The summed E-state index contributed by atoms with van der Waals surface area (Å²) in [4.78, 5) is 0. The van der Waals surface area contributed by atoms with Crippen molar-refractivity contribution in [3.8, 4) is 0 Å². The molecule has 2 saturated heterocycles. The highest BCUT2D eigenvalue weighted by Crippen LogP contribution is 2.32. The van der Waals surface area contributed by atoms with Crippen molar-refractivity contribution in [2.75, 3.05) is 13.1 Å². The predicted molar refractivity (Wildman–Crippen MR) is 85.2 cm³/mol. The van der Waals surface area contributed by atoms with E-state index in [4.69, 9.17) is 23.2 Å². The third kappa shape index (κ3) is 3.37. The quantitative estimate of drug-likeness (QED) is 0.913. The van der Waals surface area contributed by atoms with Crippen molar-refractivity contribution >= 4 is 33.2 Å². The summed E-state index contributed by atoms with van der Waals surface area (Å²) >= 11 is 11.9. The monoisotopic (exact) mass is 348 g/mol. The number of fused-ring (bicyclic) bond motifs is 2. The van der Waals surface area contributed by atoms with Crippen molar-refractivity contribution in [1.29, 1.82) is 0 Å². The molecule has 21 heavy (non-hydrogen) atoms. The SMILES string of the molecule is O=S(=O)(Cc1cc(Cl)cc(Cl)c1)N1C2CCNCC1CC2. The molecular weight excluding hydrogens is 331 g/mol. The van der Waals surface area contributed by atoms with Gasteiger partial charge in [-0.15, -0.1) is 0 Å². The minimum absolute atomic E-state index is 0.0414. The number of rotatable bonds is 3. The smallest absolute Gasteiger partial charge is 0.218 e. The lowest BCUT2D eigenvalue weighted by Gasteiger charge is -2.27. The first-order valence-electron chi connectivity index (χ1n) is 7.12. The van der Waals surface area contributed by atoms with Gasteiger partial charge in [0.1, 0.15) is 0 Å². The molecule has 2 aliphatic heterocycles. The van der Waals surface area contributed by atoms with Crippen molar-refractivity contribution in [3.05, 3.63) is 33.8 Å². The molecule has 4 nitrogen and oxygen atoms in total. The molecule has 0 aromatic heterocycles. The van der Waals surface area contributed by atoms with E-state index in [2.05, 4.69) is 5.32 Å².